The molecule has 1 aromatic heterocycles. The van der Waals surface area contributed by atoms with E-state index < -0.39 is 0 Å². The van der Waals surface area contributed by atoms with Crippen LogP contribution in [0, 0.1) is 13.8 Å². The van der Waals surface area contributed by atoms with Gasteiger partial charge in [-0.1, -0.05) is 18.2 Å². The molecule has 0 bridgehead atoms. The molecule has 25 heavy (non-hydrogen) atoms. The Balaban J connectivity index is 1.83. The summed E-state index contributed by atoms with van der Waals surface area (Å²) in [4.78, 5) is 11.0. The minimum Gasteiger partial charge on any atom is -0.370 e. The minimum atomic E-state index is 0.668. The zero-order valence-electron chi connectivity index (χ0n) is 15.7. The van der Waals surface area contributed by atoms with E-state index in [1.54, 1.807) is 7.05 Å². The van der Waals surface area contributed by atoms with Crippen molar-refractivity contribution in [3.05, 3.63) is 59.4 Å². The predicted molar refractivity (Wildman–Crippen MR) is 106 cm³/mol. The third-order valence-corrected chi connectivity index (χ3v) is 4.19. The van der Waals surface area contributed by atoms with E-state index in [0.29, 0.717) is 6.54 Å². The number of benzene rings is 1. The lowest BCUT2D eigenvalue weighted by Gasteiger charge is -2.24. The first kappa shape index (κ1) is 18.8. The molecule has 5 heteroatoms. The first-order valence-corrected chi connectivity index (χ1v) is 8.80. The molecule has 0 aliphatic heterocycles. The summed E-state index contributed by atoms with van der Waals surface area (Å²) in [5.74, 6) is 0.797. The average Bonchev–Trinajstić information content (AvgIpc) is 2.62. The maximum Gasteiger partial charge on any atom is 0.191 e. The van der Waals surface area contributed by atoms with Gasteiger partial charge in [-0.3, -0.25) is 9.98 Å². The molecule has 1 heterocycles. The summed E-state index contributed by atoms with van der Waals surface area (Å²) >= 11 is 0. The lowest BCUT2D eigenvalue weighted by molar-refractivity contribution is 0.744. The Kier molecular flexibility index (Phi) is 7.26. The largest absolute Gasteiger partial charge is 0.370 e. The van der Waals surface area contributed by atoms with Crippen molar-refractivity contribution in [1.82, 2.24) is 15.6 Å². The molecule has 0 radical (unpaired) electrons. The van der Waals surface area contributed by atoms with Gasteiger partial charge in [0.15, 0.2) is 5.96 Å². The van der Waals surface area contributed by atoms with Crippen molar-refractivity contribution in [2.75, 3.05) is 31.6 Å². The number of pyridine rings is 1. The Morgan fingerprint density at radius 1 is 1.16 bits per heavy atom. The van der Waals surface area contributed by atoms with E-state index in [1.807, 2.05) is 12.3 Å². The summed E-state index contributed by atoms with van der Waals surface area (Å²) in [6, 6.07) is 12.6. The summed E-state index contributed by atoms with van der Waals surface area (Å²) in [6.07, 6.45) is 1.82. The number of hydrogen-bond acceptors (Lipinski definition) is 3. The summed E-state index contributed by atoms with van der Waals surface area (Å²) in [6.45, 7) is 9.76. The van der Waals surface area contributed by atoms with Gasteiger partial charge in [-0.05, 0) is 50.1 Å². The first-order valence-electron chi connectivity index (χ1n) is 8.80. The number of guanidine groups is 1. The molecule has 0 saturated heterocycles. The highest BCUT2D eigenvalue weighted by Crippen LogP contribution is 2.14. The van der Waals surface area contributed by atoms with Crippen LogP contribution in [0.3, 0.4) is 0 Å². The number of aliphatic imine (C=N–C) groups is 1. The normalized spacial score (nSPS) is 11.3. The molecule has 0 amide bonds. The molecule has 1 aromatic carbocycles. The molecule has 2 rings (SSSR count). The van der Waals surface area contributed by atoms with Crippen molar-refractivity contribution in [3.63, 3.8) is 0 Å². The van der Waals surface area contributed by atoms with E-state index in [0.717, 1.165) is 31.3 Å². The SMILES string of the molecule is CCN(CCNC(=NC)NCc1ncccc1C)c1cccc(C)c1. The van der Waals surface area contributed by atoms with E-state index in [-0.39, 0.29) is 0 Å². The van der Waals surface area contributed by atoms with Crippen LogP contribution < -0.4 is 15.5 Å². The standard InChI is InChI=1S/C20H29N5/c1-5-25(18-10-6-8-16(2)14-18)13-12-23-20(21-4)24-15-19-17(3)9-7-11-22-19/h6-11,14H,5,12-13,15H2,1-4H3,(H2,21,23,24). The van der Waals surface area contributed by atoms with Gasteiger partial charge in [0.05, 0.1) is 12.2 Å². The molecule has 0 spiro atoms. The highest BCUT2D eigenvalue weighted by Gasteiger charge is 2.05. The molecule has 2 N–H and O–H groups in total. The summed E-state index contributed by atoms with van der Waals surface area (Å²) in [5.41, 5.74) is 4.77. The molecule has 2 aromatic rings. The maximum atomic E-state index is 4.40. The molecule has 0 fully saturated rings. The third-order valence-electron chi connectivity index (χ3n) is 4.19. The Bertz CT molecular complexity index is 696. The molecule has 0 aliphatic rings. The third kappa shape index (κ3) is 5.78. The second-order valence-corrected chi connectivity index (χ2v) is 6.04. The van der Waals surface area contributed by atoms with Crippen LogP contribution >= 0.6 is 0 Å². The first-order chi connectivity index (χ1) is 12.1. The van der Waals surface area contributed by atoms with E-state index in [1.165, 1.54) is 16.8 Å². The molecule has 0 atom stereocenters. The Morgan fingerprint density at radius 2 is 2.00 bits per heavy atom. The molecular weight excluding hydrogens is 310 g/mol. The van der Waals surface area contributed by atoms with Gasteiger partial charge in [-0.15, -0.1) is 0 Å². The van der Waals surface area contributed by atoms with E-state index >= 15 is 0 Å². The van der Waals surface area contributed by atoms with Gasteiger partial charge in [0.2, 0.25) is 0 Å². The molecule has 134 valence electrons. The average molecular weight is 339 g/mol. The van der Waals surface area contributed by atoms with E-state index in [2.05, 4.69) is 76.6 Å². The summed E-state index contributed by atoms with van der Waals surface area (Å²) in [5, 5.41) is 6.70. The monoisotopic (exact) mass is 339 g/mol. The van der Waals surface area contributed by atoms with Crippen molar-refractivity contribution in [2.45, 2.75) is 27.3 Å². The van der Waals surface area contributed by atoms with Crippen LogP contribution in [0.5, 0.6) is 0 Å². The van der Waals surface area contributed by atoms with Crippen molar-refractivity contribution >= 4 is 11.6 Å². The number of likely N-dealkylation sites (N-methyl/N-ethyl adjacent to an activating group) is 1. The van der Waals surface area contributed by atoms with Gasteiger partial charge < -0.3 is 15.5 Å². The number of anilines is 1. The molecule has 5 nitrogen and oxygen atoms in total. The smallest absolute Gasteiger partial charge is 0.191 e. The van der Waals surface area contributed by atoms with Crippen LogP contribution in [0.25, 0.3) is 0 Å². The fourth-order valence-electron chi connectivity index (χ4n) is 2.70. The fraction of sp³-hybridized carbons (Fsp3) is 0.400. The number of nitrogens with one attached hydrogen (secondary N) is 2. The van der Waals surface area contributed by atoms with Crippen molar-refractivity contribution in [1.29, 1.82) is 0 Å². The van der Waals surface area contributed by atoms with Crippen LogP contribution in [-0.4, -0.2) is 37.6 Å². The second kappa shape index (κ2) is 9.67. The Labute approximate surface area is 151 Å². The number of rotatable bonds is 7. The molecule has 0 aliphatic carbocycles. The maximum absolute atomic E-state index is 4.40. The predicted octanol–water partition coefficient (Wildman–Crippen LogP) is 2.89. The fourth-order valence-corrected chi connectivity index (χ4v) is 2.70. The zero-order valence-corrected chi connectivity index (χ0v) is 15.7. The zero-order chi connectivity index (χ0) is 18.1. The van der Waals surface area contributed by atoms with Crippen molar-refractivity contribution in [2.24, 2.45) is 4.99 Å². The second-order valence-electron chi connectivity index (χ2n) is 6.04. The Hall–Kier alpha value is -2.56. The number of nitrogens with zero attached hydrogens (tertiary/aromatic N) is 3. The highest BCUT2D eigenvalue weighted by molar-refractivity contribution is 5.79. The van der Waals surface area contributed by atoms with Crippen LogP contribution in [0.1, 0.15) is 23.7 Å². The van der Waals surface area contributed by atoms with Gasteiger partial charge in [-0.2, -0.15) is 0 Å². The number of aromatic nitrogens is 1. The van der Waals surface area contributed by atoms with Crippen LogP contribution in [0.2, 0.25) is 0 Å². The van der Waals surface area contributed by atoms with Crippen LogP contribution in [0.4, 0.5) is 5.69 Å². The summed E-state index contributed by atoms with van der Waals surface area (Å²) in [7, 11) is 1.79. The van der Waals surface area contributed by atoms with Gasteiger partial charge in [-0.25, -0.2) is 0 Å². The molecular formula is C20H29N5. The van der Waals surface area contributed by atoms with Crippen LogP contribution in [-0.2, 0) is 6.54 Å². The topological polar surface area (TPSA) is 52.5 Å². The van der Waals surface area contributed by atoms with E-state index in [9.17, 15) is 0 Å². The van der Waals surface area contributed by atoms with Crippen molar-refractivity contribution < 1.29 is 0 Å². The number of aryl methyl sites for hydroxylation is 2. The quantitative estimate of drug-likeness (QED) is 0.602. The van der Waals surface area contributed by atoms with Gasteiger partial charge >= 0.3 is 0 Å². The van der Waals surface area contributed by atoms with Gasteiger partial charge in [0, 0.05) is 38.6 Å². The molecule has 0 unspecified atom stereocenters. The lowest BCUT2D eigenvalue weighted by atomic mass is 10.2. The van der Waals surface area contributed by atoms with Crippen molar-refractivity contribution in [3.8, 4) is 0 Å². The van der Waals surface area contributed by atoms with Gasteiger partial charge in [0.25, 0.3) is 0 Å². The summed E-state index contributed by atoms with van der Waals surface area (Å²) < 4.78 is 0. The lowest BCUT2D eigenvalue weighted by Crippen LogP contribution is -2.41. The van der Waals surface area contributed by atoms with Crippen LogP contribution in [0.15, 0.2) is 47.6 Å². The molecule has 0 saturated carbocycles. The van der Waals surface area contributed by atoms with E-state index in [4.69, 9.17) is 0 Å². The Morgan fingerprint density at radius 3 is 2.68 bits per heavy atom. The highest BCUT2D eigenvalue weighted by atomic mass is 15.2. The minimum absolute atomic E-state index is 0.668. The van der Waals surface area contributed by atoms with Gasteiger partial charge in [0.1, 0.15) is 0 Å². The number of hydrogen-bond donors (Lipinski definition) is 2.